The molecule has 88 valence electrons. The summed E-state index contributed by atoms with van der Waals surface area (Å²) in [5.41, 5.74) is 0.661. The Balaban J connectivity index is 2.60. The fourth-order valence-electron chi connectivity index (χ4n) is 1.34. The molecule has 0 saturated carbocycles. The predicted octanol–water partition coefficient (Wildman–Crippen LogP) is 1.87. The number of aromatic nitrogens is 2. The van der Waals surface area contributed by atoms with Gasteiger partial charge in [0.15, 0.2) is 5.82 Å². The van der Waals surface area contributed by atoms with Crippen LogP contribution in [-0.4, -0.2) is 28.3 Å². The first kappa shape index (κ1) is 11.1. The van der Waals surface area contributed by atoms with Crippen LogP contribution in [0.2, 0.25) is 0 Å². The van der Waals surface area contributed by atoms with Crippen LogP contribution in [-0.2, 0) is 0 Å². The molecular formula is C10H8FN3O3. The molecule has 0 spiro atoms. The summed E-state index contributed by atoms with van der Waals surface area (Å²) in [5, 5.41) is 10.7. The van der Waals surface area contributed by atoms with Crippen LogP contribution in [0.3, 0.4) is 0 Å². The normalized spacial score (nSPS) is 10.2. The summed E-state index contributed by atoms with van der Waals surface area (Å²) >= 11 is 0. The first-order chi connectivity index (χ1) is 8.10. The minimum Gasteiger partial charge on any atom is -0.478 e. The Labute approximate surface area is 95.1 Å². The number of halogens is 1. The minimum atomic E-state index is -1.28. The number of ether oxygens (including phenoxy) is 1. The lowest BCUT2D eigenvalue weighted by atomic mass is 10.3. The predicted molar refractivity (Wildman–Crippen MR) is 57.7 cm³/mol. The van der Waals surface area contributed by atoms with E-state index >= 15 is 0 Å². The van der Waals surface area contributed by atoms with Crippen molar-refractivity contribution >= 4 is 22.9 Å². The maximum Gasteiger partial charge on any atom is 0.410 e. The summed E-state index contributed by atoms with van der Waals surface area (Å²) in [6.07, 6.45) is -1.28. The highest BCUT2D eigenvalue weighted by atomic mass is 19.1. The molecule has 0 fully saturated rings. The summed E-state index contributed by atoms with van der Waals surface area (Å²) in [6, 6.07) is 3.81. The molecule has 0 aliphatic carbocycles. The summed E-state index contributed by atoms with van der Waals surface area (Å²) in [6.45, 7) is 0. The standard InChI is InChI=1S/C10H8FN3O3/c1-17-9-8(14-10(15)16)12-6-3-2-5(11)4-7(6)13-9/h2-4H,1H3,(H,12,14)(H,15,16). The highest BCUT2D eigenvalue weighted by Crippen LogP contribution is 2.23. The first-order valence-corrected chi connectivity index (χ1v) is 4.61. The number of anilines is 1. The van der Waals surface area contributed by atoms with E-state index in [2.05, 4.69) is 15.3 Å². The van der Waals surface area contributed by atoms with E-state index in [9.17, 15) is 9.18 Å². The van der Waals surface area contributed by atoms with Crippen LogP contribution in [0.1, 0.15) is 0 Å². The number of benzene rings is 1. The van der Waals surface area contributed by atoms with Crippen LogP contribution in [0.15, 0.2) is 18.2 Å². The smallest absolute Gasteiger partial charge is 0.410 e. The van der Waals surface area contributed by atoms with E-state index in [1.54, 1.807) is 0 Å². The SMILES string of the molecule is COc1nc2cc(F)ccc2nc1NC(=O)O. The Hall–Kier alpha value is -2.44. The molecule has 1 amide bonds. The van der Waals surface area contributed by atoms with E-state index in [0.29, 0.717) is 5.52 Å². The molecule has 2 aromatic rings. The van der Waals surface area contributed by atoms with Crippen molar-refractivity contribution in [1.29, 1.82) is 0 Å². The van der Waals surface area contributed by atoms with Gasteiger partial charge < -0.3 is 9.84 Å². The number of nitrogens with zero attached hydrogens (tertiary/aromatic N) is 2. The molecule has 0 unspecified atom stereocenters. The number of rotatable bonds is 2. The Morgan fingerprint density at radius 1 is 1.41 bits per heavy atom. The molecule has 1 heterocycles. The van der Waals surface area contributed by atoms with E-state index < -0.39 is 11.9 Å². The van der Waals surface area contributed by atoms with E-state index in [4.69, 9.17) is 9.84 Å². The third-order valence-corrected chi connectivity index (χ3v) is 2.01. The van der Waals surface area contributed by atoms with Crippen LogP contribution in [0.5, 0.6) is 5.88 Å². The maximum atomic E-state index is 13.0. The Bertz CT molecular complexity index is 588. The van der Waals surface area contributed by atoms with Crippen molar-refractivity contribution in [3.63, 3.8) is 0 Å². The van der Waals surface area contributed by atoms with Crippen LogP contribution < -0.4 is 10.1 Å². The van der Waals surface area contributed by atoms with E-state index in [1.807, 2.05) is 0 Å². The van der Waals surface area contributed by atoms with Gasteiger partial charge in [0.2, 0.25) is 0 Å². The average molecular weight is 237 g/mol. The zero-order chi connectivity index (χ0) is 12.4. The molecule has 2 N–H and O–H groups in total. The van der Waals surface area contributed by atoms with Gasteiger partial charge in [0.1, 0.15) is 5.82 Å². The zero-order valence-electron chi connectivity index (χ0n) is 8.77. The van der Waals surface area contributed by atoms with Crippen molar-refractivity contribution in [1.82, 2.24) is 9.97 Å². The third-order valence-electron chi connectivity index (χ3n) is 2.01. The van der Waals surface area contributed by atoms with Gasteiger partial charge in [-0.15, -0.1) is 0 Å². The highest BCUT2D eigenvalue weighted by molar-refractivity contribution is 5.86. The monoisotopic (exact) mass is 237 g/mol. The highest BCUT2D eigenvalue weighted by Gasteiger charge is 2.11. The van der Waals surface area contributed by atoms with Gasteiger partial charge in [0.05, 0.1) is 18.1 Å². The number of nitrogens with one attached hydrogen (secondary N) is 1. The van der Waals surface area contributed by atoms with Crippen LogP contribution in [0, 0.1) is 5.82 Å². The van der Waals surface area contributed by atoms with Crippen molar-refractivity contribution in [2.45, 2.75) is 0 Å². The fraction of sp³-hybridized carbons (Fsp3) is 0.100. The second-order valence-corrected chi connectivity index (χ2v) is 3.14. The van der Waals surface area contributed by atoms with Gasteiger partial charge in [0.25, 0.3) is 5.88 Å². The average Bonchev–Trinajstić information content (AvgIpc) is 2.28. The second-order valence-electron chi connectivity index (χ2n) is 3.14. The molecule has 0 saturated heterocycles. The van der Waals surface area contributed by atoms with Gasteiger partial charge in [-0.2, -0.15) is 0 Å². The molecule has 0 radical (unpaired) electrons. The summed E-state index contributed by atoms with van der Waals surface area (Å²) in [4.78, 5) is 18.5. The quantitative estimate of drug-likeness (QED) is 0.832. The van der Waals surface area contributed by atoms with Gasteiger partial charge in [-0.1, -0.05) is 0 Å². The first-order valence-electron chi connectivity index (χ1n) is 4.61. The topological polar surface area (TPSA) is 84.3 Å². The lowest BCUT2D eigenvalue weighted by Gasteiger charge is -2.07. The summed E-state index contributed by atoms with van der Waals surface area (Å²) < 4.78 is 17.8. The fourth-order valence-corrected chi connectivity index (χ4v) is 1.34. The van der Waals surface area contributed by atoms with Gasteiger partial charge in [-0.3, -0.25) is 5.32 Å². The Morgan fingerprint density at radius 2 is 2.18 bits per heavy atom. The van der Waals surface area contributed by atoms with Crippen LogP contribution in [0.4, 0.5) is 15.0 Å². The maximum absolute atomic E-state index is 13.0. The van der Waals surface area contributed by atoms with Crippen molar-refractivity contribution in [2.75, 3.05) is 12.4 Å². The van der Waals surface area contributed by atoms with Gasteiger partial charge in [0, 0.05) is 6.07 Å². The lowest BCUT2D eigenvalue weighted by molar-refractivity contribution is 0.209. The molecule has 1 aromatic carbocycles. The molecule has 0 atom stereocenters. The number of carbonyl (C=O) groups is 1. The van der Waals surface area contributed by atoms with Gasteiger partial charge >= 0.3 is 6.09 Å². The minimum absolute atomic E-state index is 0.00880. The third kappa shape index (κ3) is 2.22. The summed E-state index contributed by atoms with van der Waals surface area (Å²) in [5.74, 6) is -0.489. The van der Waals surface area contributed by atoms with E-state index in [1.165, 1.54) is 25.3 Å². The van der Waals surface area contributed by atoms with Gasteiger partial charge in [-0.25, -0.2) is 19.2 Å². The second kappa shape index (κ2) is 4.20. The van der Waals surface area contributed by atoms with Crippen LogP contribution >= 0.6 is 0 Å². The molecule has 0 bridgehead atoms. The van der Waals surface area contributed by atoms with E-state index in [-0.39, 0.29) is 17.2 Å². The van der Waals surface area contributed by atoms with Gasteiger partial charge in [-0.05, 0) is 12.1 Å². The molecule has 6 nitrogen and oxygen atoms in total. The number of hydrogen-bond acceptors (Lipinski definition) is 4. The van der Waals surface area contributed by atoms with Crippen molar-refractivity contribution in [3.05, 3.63) is 24.0 Å². The molecule has 1 aromatic heterocycles. The Kier molecular flexibility index (Phi) is 2.73. The van der Waals surface area contributed by atoms with Crippen molar-refractivity contribution in [2.24, 2.45) is 0 Å². The molecular weight excluding hydrogens is 229 g/mol. The number of methoxy groups -OCH3 is 1. The molecule has 7 heteroatoms. The lowest BCUT2D eigenvalue weighted by Crippen LogP contribution is -2.11. The number of carboxylic acid groups (broad SMARTS) is 1. The number of hydrogen-bond donors (Lipinski definition) is 2. The zero-order valence-corrected chi connectivity index (χ0v) is 8.77. The van der Waals surface area contributed by atoms with E-state index in [0.717, 1.165) is 0 Å². The van der Waals surface area contributed by atoms with Crippen molar-refractivity contribution < 1.29 is 19.0 Å². The molecule has 17 heavy (non-hydrogen) atoms. The summed E-state index contributed by atoms with van der Waals surface area (Å²) in [7, 11) is 1.32. The van der Waals surface area contributed by atoms with Crippen molar-refractivity contribution in [3.8, 4) is 5.88 Å². The largest absolute Gasteiger partial charge is 0.478 e. The van der Waals surface area contributed by atoms with Crippen LogP contribution in [0.25, 0.3) is 11.0 Å². The molecule has 0 aliphatic heterocycles. The molecule has 2 rings (SSSR count). The Morgan fingerprint density at radius 3 is 2.82 bits per heavy atom. The molecule has 0 aliphatic rings. The number of amides is 1. The number of fused-ring (bicyclic) bond motifs is 1.